The van der Waals surface area contributed by atoms with Crippen molar-refractivity contribution in [2.45, 2.75) is 6.42 Å². The molecule has 86 valence electrons. The molecule has 1 aliphatic heterocycles. The van der Waals surface area contributed by atoms with Gasteiger partial charge in [0.25, 0.3) is 5.91 Å². The van der Waals surface area contributed by atoms with Gasteiger partial charge in [0.15, 0.2) is 0 Å². The monoisotopic (exact) mass is 284 g/mol. The zero-order valence-corrected chi connectivity index (χ0v) is 10.4. The van der Waals surface area contributed by atoms with E-state index in [2.05, 4.69) is 26.2 Å². The lowest BCUT2D eigenvalue weighted by atomic mass is 10.1. The standard InChI is InChI=1S/C11H13BrN2O2/c12-10-5-9(1-3-13-10)11(15)14-6-8-2-4-16-7-8/h1,3,5,8H,2,4,6-7H2,(H,14,15). The molecule has 1 aliphatic rings. The molecule has 0 aliphatic carbocycles. The summed E-state index contributed by atoms with van der Waals surface area (Å²) >= 11 is 3.24. The van der Waals surface area contributed by atoms with Gasteiger partial charge in [-0.3, -0.25) is 4.79 Å². The average Bonchev–Trinajstić information content (AvgIpc) is 2.78. The number of amides is 1. The summed E-state index contributed by atoms with van der Waals surface area (Å²) in [7, 11) is 0. The summed E-state index contributed by atoms with van der Waals surface area (Å²) in [5, 5.41) is 2.90. The molecule has 0 spiro atoms. The Morgan fingerprint density at radius 1 is 1.69 bits per heavy atom. The summed E-state index contributed by atoms with van der Waals surface area (Å²) < 4.78 is 5.92. The van der Waals surface area contributed by atoms with Gasteiger partial charge in [0.2, 0.25) is 0 Å². The van der Waals surface area contributed by atoms with Gasteiger partial charge in [0, 0.05) is 30.8 Å². The van der Waals surface area contributed by atoms with Crippen LogP contribution in [-0.4, -0.2) is 30.6 Å². The number of nitrogens with zero attached hydrogens (tertiary/aromatic N) is 1. The lowest BCUT2D eigenvalue weighted by Crippen LogP contribution is -2.29. The fraction of sp³-hybridized carbons (Fsp3) is 0.455. The molecule has 0 bridgehead atoms. The van der Waals surface area contributed by atoms with Crippen LogP contribution in [0.3, 0.4) is 0 Å². The summed E-state index contributed by atoms with van der Waals surface area (Å²) in [5.74, 6) is 0.393. The molecule has 16 heavy (non-hydrogen) atoms. The Labute approximate surface area is 103 Å². The molecule has 0 aromatic carbocycles. The van der Waals surface area contributed by atoms with Crippen LogP contribution in [0.1, 0.15) is 16.8 Å². The first-order valence-electron chi connectivity index (χ1n) is 5.23. The predicted molar refractivity (Wildman–Crippen MR) is 63.2 cm³/mol. The number of aromatic nitrogens is 1. The minimum absolute atomic E-state index is 0.0602. The van der Waals surface area contributed by atoms with E-state index in [4.69, 9.17) is 4.74 Å². The number of carbonyl (C=O) groups is 1. The largest absolute Gasteiger partial charge is 0.381 e. The van der Waals surface area contributed by atoms with Gasteiger partial charge in [-0.1, -0.05) is 0 Å². The number of nitrogens with one attached hydrogen (secondary N) is 1. The van der Waals surface area contributed by atoms with Crippen LogP contribution in [0.25, 0.3) is 0 Å². The molecule has 4 nitrogen and oxygen atoms in total. The predicted octanol–water partition coefficient (Wildman–Crippen LogP) is 1.61. The third-order valence-corrected chi connectivity index (χ3v) is 3.00. The average molecular weight is 285 g/mol. The Hall–Kier alpha value is -0.940. The van der Waals surface area contributed by atoms with Gasteiger partial charge in [-0.25, -0.2) is 4.98 Å². The molecule has 1 unspecified atom stereocenters. The molecule has 1 amide bonds. The van der Waals surface area contributed by atoms with Gasteiger partial charge >= 0.3 is 0 Å². The Kier molecular flexibility index (Phi) is 3.90. The van der Waals surface area contributed by atoms with Crippen molar-refractivity contribution in [3.8, 4) is 0 Å². The molecule has 1 aromatic rings. The molecule has 1 atom stereocenters. The van der Waals surface area contributed by atoms with Crippen molar-refractivity contribution in [1.82, 2.24) is 10.3 Å². The van der Waals surface area contributed by atoms with Crippen molar-refractivity contribution < 1.29 is 9.53 Å². The lowest BCUT2D eigenvalue weighted by molar-refractivity contribution is 0.0945. The molecule has 0 saturated carbocycles. The number of pyridine rings is 1. The van der Waals surface area contributed by atoms with Crippen LogP contribution in [0.15, 0.2) is 22.9 Å². The summed E-state index contributed by atoms with van der Waals surface area (Å²) in [6, 6.07) is 3.41. The SMILES string of the molecule is O=C(NCC1CCOC1)c1ccnc(Br)c1. The van der Waals surface area contributed by atoms with Crippen LogP contribution >= 0.6 is 15.9 Å². The molecule has 2 rings (SSSR count). The van der Waals surface area contributed by atoms with Crippen LogP contribution in [0, 0.1) is 5.92 Å². The highest BCUT2D eigenvalue weighted by atomic mass is 79.9. The molecule has 1 fully saturated rings. The normalized spacial score (nSPS) is 19.7. The molecular formula is C11H13BrN2O2. The highest BCUT2D eigenvalue weighted by Gasteiger charge is 2.16. The zero-order valence-electron chi connectivity index (χ0n) is 8.78. The highest BCUT2D eigenvalue weighted by Crippen LogP contribution is 2.11. The summed E-state index contributed by atoms with van der Waals surface area (Å²) in [4.78, 5) is 15.7. The van der Waals surface area contributed by atoms with E-state index in [1.54, 1.807) is 18.3 Å². The van der Waals surface area contributed by atoms with Gasteiger partial charge < -0.3 is 10.1 Å². The quantitative estimate of drug-likeness (QED) is 0.858. The molecule has 1 N–H and O–H groups in total. The van der Waals surface area contributed by atoms with E-state index < -0.39 is 0 Å². The van der Waals surface area contributed by atoms with E-state index in [9.17, 15) is 4.79 Å². The second kappa shape index (κ2) is 5.41. The third-order valence-electron chi connectivity index (χ3n) is 2.56. The Bertz CT molecular complexity index is 378. The minimum Gasteiger partial charge on any atom is -0.381 e. The van der Waals surface area contributed by atoms with E-state index in [-0.39, 0.29) is 5.91 Å². The molecule has 0 radical (unpaired) electrons. The van der Waals surface area contributed by atoms with Crippen molar-refractivity contribution >= 4 is 21.8 Å². The first kappa shape index (κ1) is 11.5. The minimum atomic E-state index is -0.0602. The first-order valence-corrected chi connectivity index (χ1v) is 6.02. The highest BCUT2D eigenvalue weighted by molar-refractivity contribution is 9.10. The number of rotatable bonds is 3. The second-order valence-corrected chi connectivity index (χ2v) is 4.62. The molecular weight excluding hydrogens is 272 g/mol. The number of ether oxygens (including phenoxy) is 1. The van der Waals surface area contributed by atoms with Crippen molar-refractivity contribution in [3.05, 3.63) is 28.5 Å². The number of halogens is 1. The molecule has 1 saturated heterocycles. The number of hydrogen-bond acceptors (Lipinski definition) is 3. The fourth-order valence-electron chi connectivity index (χ4n) is 1.63. The van der Waals surface area contributed by atoms with E-state index in [0.717, 1.165) is 19.6 Å². The van der Waals surface area contributed by atoms with Gasteiger partial charge in [0.1, 0.15) is 4.60 Å². The second-order valence-electron chi connectivity index (χ2n) is 3.81. The number of hydrogen-bond donors (Lipinski definition) is 1. The number of carbonyl (C=O) groups excluding carboxylic acids is 1. The summed E-state index contributed by atoms with van der Waals surface area (Å²) in [5.41, 5.74) is 0.626. The zero-order chi connectivity index (χ0) is 11.4. The van der Waals surface area contributed by atoms with Crippen LogP contribution in [0.4, 0.5) is 0 Å². The van der Waals surface area contributed by atoms with Gasteiger partial charge in [-0.2, -0.15) is 0 Å². The van der Waals surface area contributed by atoms with E-state index >= 15 is 0 Å². The fourth-order valence-corrected chi connectivity index (χ4v) is 1.99. The van der Waals surface area contributed by atoms with E-state index in [1.165, 1.54) is 0 Å². The van der Waals surface area contributed by atoms with Crippen LogP contribution < -0.4 is 5.32 Å². The van der Waals surface area contributed by atoms with E-state index in [1.807, 2.05) is 0 Å². The lowest BCUT2D eigenvalue weighted by Gasteiger charge is -2.09. The van der Waals surface area contributed by atoms with Crippen LogP contribution in [-0.2, 0) is 4.74 Å². The maximum atomic E-state index is 11.8. The maximum absolute atomic E-state index is 11.8. The third kappa shape index (κ3) is 3.02. The van der Waals surface area contributed by atoms with Gasteiger partial charge in [0.05, 0.1) is 6.61 Å². The van der Waals surface area contributed by atoms with Gasteiger partial charge in [-0.15, -0.1) is 0 Å². The van der Waals surface area contributed by atoms with Crippen LogP contribution in [0.2, 0.25) is 0 Å². The van der Waals surface area contributed by atoms with Crippen molar-refractivity contribution in [2.75, 3.05) is 19.8 Å². The van der Waals surface area contributed by atoms with Crippen molar-refractivity contribution in [2.24, 2.45) is 5.92 Å². The van der Waals surface area contributed by atoms with Crippen molar-refractivity contribution in [3.63, 3.8) is 0 Å². The molecule has 5 heteroatoms. The maximum Gasteiger partial charge on any atom is 0.251 e. The molecule has 2 heterocycles. The van der Waals surface area contributed by atoms with Crippen LogP contribution in [0.5, 0.6) is 0 Å². The smallest absolute Gasteiger partial charge is 0.251 e. The Morgan fingerprint density at radius 2 is 2.56 bits per heavy atom. The Morgan fingerprint density at radius 3 is 3.25 bits per heavy atom. The van der Waals surface area contributed by atoms with Crippen molar-refractivity contribution in [1.29, 1.82) is 0 Å². The summed E-state index contributed by atoms with van der Waals surface area (Å²) in [6.45, 7) is 2.24. The topological polar surface area (TPSA) is 51.2 Å². The van der Waals surface area contributed by atoms with Gasteiger partial charge in [-0.05, 0) is 34.5 Å². The summed E-state index contributed by atoms with van der Waals surface area (Å²) in [6.07, 6.45) is 2.64. The Balaban J connectivity index is 1.87. The van der Waals surface area contributed by atoms with E-state index in [0.29, 0.717) is 22.6 Å². The molecule has 1 aromatic heterocycles. The first-order chi connectivity index (χ1) is 7.75.